The molecule has 134 valence electrons. The van der Waals surface area contributed by atoms with E-state index in [1.165, 1.54) is 18.3 Å². The first-order valence-electron chi connectivity index (χ1n) is 6.97. The molecule has 0 bridgehead atoms. The number of nitrogens with one attached hydrogen (secondary N) is 2. The first-order valence-corrected chi connectivity index (χ1v) is 6.97. The number of pyridine rings is 1. The molecule has 0 aromatic carbocycles. The smallest absolute Gasteiger partial charge is 0.367 e. The highest BCUT2D eigenvalue weighted by molar-refractivity contribution is 5.76. The fourth-order valence-corrected chi connectivity index (χ4v) is 1.76. The molecule has 1 amide bonds. The van der Waals surface area contributed by atoms with E-state index in [4.69, 9.17) is 0 Å². The van der Waals surface area contributed by atoms with E-state index in [1.807, 2.05) is 0 Å². The molecule has 2 rings (SSSR count). The molecule has 11 heteroatoms. The van der Waals surface area contributed by atoms with Gasteiger partial charge in [0.1, 0.15) is 6.54 Å². The lowest BCUT2D eigenvalue weighted by molar-refractivity contribution is -0.138. The van der Waals surface area contributed by atoms with Crippen LogP contribution in [0.15, 0.2) is 24.5 Å². The van der Waals surface area contributed by atoms with Crippen LogP contribution in [0, 0.1) is 11.8 Å². The number of carbonyl (C=O) groups is 1. The molecule has 2 aromatic heterocycles. The van der Waals surface area contributed by atoms with E-state index in [2.05, 4.69) is 20.3 Å². The molecule has 0 aliphatic heterocycles. The Morgan fingerprint density at radius 3 is 2.64 bits per heavy atom. The Hall–Kier alpha value is -2.85. The average Bonchev–Trinajstić information content (AvgIpc) is 2.55. The normalized spacial score (nSPS) is 11.2. The van der Waals surface area contributed by atoms with E-state index < -0.39 is 30.4 Å². The van der Waals surface area contributed by atoms with E-state index in [0.717, 1.165) is 6.20 Å². The largest absolute Gasteiger partial charge is 0.405 e. The van der Waals surface area contributed by atoms with E-state index in [0.29, 0.717) is 0 Å². The van der Waals surface area contributed by atoms with Gasteiger partial charge in [0.05, 0.1) is 11.8 Å². The minimum absolute atomic E-state index is 0.0477. The van der Waals surface area contributed by atoms with E-state index >= 15 is 0 Å². The van der Waals surface area contributed by atoms with Crippen LogP contribution >= 0.6 is 0 Å². The maximum atomic E-state index is 13.7. The van der Waals surface area contributed by atoms with Crippen LogP contribution in [0.1, 0.15) is 6.42 Å². The Morgan fingerprint density at radius 1 is 1.20 bits per heavy atom. The second kappa shape index (κ2) is 7.81. The van der Waals surface area contributed by atoms with Crippen LogP contribution in [0.3, 0.4) is 0 Å². The lowest BCUT2D eigenvalue weighted by atomic mass is 10.2. The molecule has 6 nitrogen and oxygen atoms in total. The summed E-state index contributed by atoms with van der Waals surface area (Å²) in [6.07, 6.45) is -2.82. The zero-order valence-electron chi connectivity index (χ0n) is 12.6. The standard InChI is InChI=1S/C14H12F5N5O/c15-9-6-22-12(8-2-1-4-20-11(8)16)24-13(9)21-5-3-10(25)23-7-14(17,18)19/h1-2,4,6H,3,5,7H2,(H,23,25)(H,21,22,24). The second-order valence-electron chi connectivity index (χ2n) is 4.80. The van der Waals surface area contributed by atoms with Gasteiger partial charge in [-0.15, -0.1) is 0 Å². The summed E-state index contributed by atoms with van der Waals surface area (Å²) in [5, 5.41) is 4.14. The molecule has 0 saturated heterocycles. The predicted octanol–water partition coefficient (Wildman–Crippen LogP) is 2.30. The van der Waals surface area contributed by atoms with Crippen molar-refractivity contribution in [2.24, 2.45) is 0 Å². The number of alkyl halides is 3. The van der Waals surface area contributed by atoms with Gasteiger partial charge < -0.3 is 10.6 Å². The van der Waals surface area contributed by atoms with Gasteiger partial charge >= 0.3 is 6.18 Å². The minimum Gasteiger partial charge on any atom is -0.367 e. The van der Waals surface area contributed by atoms with Gasteiger partial charge in [0, 0.05) is 19.2 Å². The Balaban J connectivity index is 1.97. The Bertz CT molecular complexity index is 753. The SMILES string of the molecule is O=C(CCNc1nc(-c2cccnc2F)ncc1F)NCC(F)(F)F. The minimum atomic E-state index is -4.51. The molecular weight excluding hydrogens is 349 g/mol. The summed E-state index contributed by atoms with van der Waals surface area (Å²) in [5.74, 6) is -3.00. The topological polar surface area (TPSA) is 79.8 Å². The Labute approximate surface area is 138 Å². The summed E-state index contributed by atoms with van der Waals surface area (Å²) in [6, 6.07) is 2.80. The maximum Gasteiger partial charge on any atom is 0.405 e. The highest BCUT2D eigenvalue weighted by Gasteiger charge is 2.27. The van der Waals surface area contributed by atoms with Crippen LogP contribution in [0.2, 0.25) is 0 Å². The van der Waals surface area contributed by atoms with Gasteiger partial charge in [-0.05, 0) is 12.1 Å². The third kappa shape index (κ3) is 5.62. The van der Waals surface area contributed by atoms with Gasteiger partial charge in [-0.2, -0.15) is 17.6 Å². The first-order chi connectivity index (χ1) is 11.8. The third-order valence-corrected chi connectivity index (χ3v) is 2.87. The van der Waals surface area contributed by atoms with Gasteiger partial charge in [-0.25, -0.2) is 19.3 Å². The van der Waals surface area contributed by atoms with Crippen molar-refractivity contribution in [3.05, 3.63) is 36.3 Å². The van der Waals surface area contributed by atoms with E-state index in [-0.39, 0.29) is 30.2 Å². The van der Waals surface area contributed by atoms with Crippen LogP contribution < -0.4 is 10.6 Å². The highest BCUT2D eigenvalue weighted by atomic mass is 19.4. The molecule has 0 unspecified atom stereocenters. The van der Waals surface area contributed by atoms with E-state index in [1.54, 1.807) is 5.32 Å². The number of rotatable bonds is 6. The van der Waals surface area contributed by atoms with Crippen LogP contribution in [-0.2, 0) is 4.79 Å². The lowest BCUT2D eigenvalue weighted by Gasteiger charge is -2.10. The maximum absolute atomic E-state index is 13.7. The molecule has 0 aliphatic rings. The van der Waals surface area contributed by atoms with Crippen LogP contribution in [0.4, 0.5) is 27.8 Å². The molecule has 0 radical (unpaired) electrons. The highest BCUT2D eigenvalue weighted by Crippen LogP contribution is 2.20. The third-order valence-electron chi connectivity index (χ3n) is 2.87. The molecule has 0 spiro atoms. The van der Waals surface area contributed by atoms with Crippen molar-refractivity contribution < 1.29 is 26.7 Å². The monoisotopic (exact) mass is 361 g/mol. The lowest BCUT2D eigenvalue weighted by Crippen LogP contribution is -2.34. The molecule has 0 fully saturated rings. The van der Waals surface area contributed by atoms with Crippen molar-refractivity contribution in [1.29, 1.82) is 0 Å². The van der Waals surface area contributed by atoms with Gasteiger partial charge in [-0.1, -0.05) is 0 Å². The van der Waals surface area contributed by atoms with Crippen LogP contribution in [-0.4, -0.2) is 40.1 Å². The van der Waals surface area contributed by atoms with Crippen molar-refractivity contribution in [1.82, 2.24) is 20.3 Å². The molecule has 2 aromatic rings. The van der Waals surface area contributed by atoms with E-state index in [9.17, 15) is 26.7 Å². The van der Waals surface area contributed by atoms with Gasteiger partial charge in [0.2, 0.25) is 11.9 Å². The molecule has 0 saturated carbocycles. The number of anilines is 1. The quantitative estimate of drug-likeness (QED) is 0.610. The Morgan fingerprint density at radius 2 is 1.96 bits per heavy atom. The molecule has 25 heavy (non-hydrogen) atoms. The number of hydrogen-bond acceptors (Lipinski definition) is 5. The zero-order valence-corrected chi connectivity index (χ0v) is 12.6. The second-order valence-corrected chi connectivity index (χ2v) is 4.80. The summed E-state index contributed by atoms with van der Waals surface area (Å²) >= 11 is 0. The molecule has 2 heterocycles. The Kier molecular flexibility index (Phi) is 5.78. The average molecular weight is 361 g/mol. The zero-order chi connectivity index (χ0) is 18.4. The number of nitrogens with zero attached hydrogens (tertiary/aromatic N) is 3. The summed E-state index contributed by atoms with van der Waals surface area (Å²) in [4.78, 5) is 22.1. The van der Waals surface area contributed by atoms with Crippen LogP contribution in [0.25, 0.3) is 11.4 Å². The number of aromatic nitrogens is 3. The first kappa shape index (κ1) is 18.5. The summed E-state index contributed by atoms with van der Waals surface area (Å²) < 4.78 is 63.1. The predicted molar refractivity (Wildman–Crippen MR) is 77.4 cm³/mol. The number of halogens is 5. The number of amides is 1. The summed E-state index contributed by atoms with van der Waals surface area (Å²) in [6.45, 7) is -1.62. The number of carbonyl (C=O) groups excluding carboxylic acids is 1. The van der Waals surface area contributed by atoms with Crippen LogP contribution in [0.5, 0.6) is 0 Å². The van der Waals surface area contributed by atoms with Crippen molar-refractivity contribution in [2.75, 3.05) is 18.4 Å². The van der Waals surface area contributed by atoms with Gasteiger partial charge in [0.15, 0.2) is 17.5 Å². The summed E-state index contributed by atoms with van der Waals surface area (Å²) in [7, 11) is 0. The van der Waals surface area contributed by atoms with Crippen molar-refractivity contribution in [3.8, 4) is 11.4 Å². The summed E-state index contributed by atoms with van der Waals surface area (Å²) in [5.41, 5.74) is -0.0477. The van der Waals surface area contributed by atoms with Crippen molar-refractivity contribution in [2.45, 2.75) is 12.6 Å². The fraction of sp³-hybridized carbons (Fsp3) is 0.286. The van der Waals surface area contributed by atoms with Crippen molar-refractivity contribution >= 4 is 11.7 Å². The van der Waals surface area contributed by atoms with Gasteiger partial charge in [-0.3, -0.25) is 4.79 Å². The molecule has 2 N–H and O–H groups in total. The molecule has 0 aliphatic carbocycles. The van der Waals surface area contributed by atoms with Crippen molar-refractivity contribution in [3.63, 3.8) is 0 Å². The van der Waals surface area contributed by atoms with Gasteiger partial charge in [0.25, 0.3) is 0 Å². The number of hydrogen-bond donors (Lipinski definition) is 2. The fourth-order valence-electron chi connectivity index (χ4n) is 1.76. The molecular formula is C14H12F5N5O. The molecule has 0 atom stereocenters.